The number of hydrogen-bond acceptors (Lipinski definition) is 1. The summed E-state index contributed by atoms with van der Waals surface area (Å²) in [7, 11) is 0. The zero-order chi connectivity index (χ0) is 6.97. The molecule has 2 heteroatoms. The first-order valence-electron chi connectivity index (χ1n) is 3.05. The highest BCUT2D eigenvalue weighted by atomic mass is 32.1. The fraction of sp³-hybridized carbons (Fsp3) is 0. The van der Waals surface area contributed by atoms with Crippen LogP contribution in [0.3, 0.4) is 0 Å². The lowest BCUT2D eigenvalue weighted by Crippen LogP contribution is -2.00. The highest BCUT2D eigenvalue weighted by Crippen LogP contribution is 2.22. The molecule has 0 amide bonds. The maximum absolute atomic E-state index is 5.00. The summed E-state index contributed by atoms with van der Waals surface area (Å²) in [6.07, 6.45) is 9.72. The van der Waals surface area contributed by atoms with Crippen LogP contribution in [0.4, 0.5) is 0 Å². The van der Waals surface area contributed by atoms with Crippen LogP contribution in [0.1, 0.15) is 0 Å². The molecular formula is C8H5NS. The summed E-state index contributed by atoms with van der Waals surface area (Å²) in [5.74, 6) is 0. The molecule has 0 atom stereocenters. The first kappa shape index (κ1) is 5.74. The van der Waals surface area contributed by atoms with Crippen LogP contribution in [-0.2, 0) is 0 Å². The molecule has 0 bridgehead atoms. The molecule has 1 aliphatic carbocycles. The van der Waals surface area contributed by atoms with Gasteiger partial charge in [0.1, 0.15) is 4.99 Å². The van der Waals surface area contributed by atoms with Crippen molar-refractivity contribution in [1.29, 1.82) is 0 Å². The Bertz CT molecular complexity index is 299. The molecule has 0 saturated carbocycles. The number of aliphatic imine (C=N–C) groups is 1. The van der Waals surface area contributed by atoms with Crippen LogP contribution >= 0.6 is 12.2 Å². The molecule has 0 aromatic heterocycles. The van der Waals surface area contributed by atoms with Crippen LogP contribution in [0.5, 0.6) is 0 Å². The van der Waals surface area contributed by atoms with E-state index in [9.17, 15) is 0 Å². The van der Waals surface area contributed by atoms with Crippen molar-refractivity contribution in [3.05, 3.63) is 35.5 Å². The van der Waals surface area contributed by atoms with Crippen molar-refractivity contribution < 1.29 is 0 Å². The van der Waals surface area contributed by atoms with Crippen LogP contribution in [0.25, 0.3) is 0 Å². The molecule has 0 saturated heterocycles. The quantitative estimate of drug-likeness (QED) is 0.476. The molecule has 0 aromatic rings. The minimum atomic E-state index is 0.697. The Morgan fingerprint density at radius 3 is 3.00 bits per heavy atom. The number of fused-ring (bicyclic) bond motifs is 1. The van der Waals surface area contributed by atoms with Gasteiger partial charge in [-0.2, -0.15) is 0 Å². The summed E-state index contributed by atoms with van der Waals surface area (Å²) in [6.45, 7) is 0. The molecule has 10 heavy (non-hydrogen) atoms. The maximum atomic E-state index is 5.00. The normalized spacial score (nSPS) is 20.6. The average Bonchev–Trinajstić information content (AvgIpc) is 2.36. The summed E-state index contributed by atoms with van der Waals surface area (Å²) in [4.78, 5) is 4.69. The summed E-state index contributed by atoms with van der Waals surface area (Å²) in [5, 5.41) is 0. The van der Waals surface area contributed by atoms with Crippen molar-refractivity contribution in [2.24, 2.45) is 4.99 Å². The van der Waals surface area contributed by atoms with Crippen molar-refractivity contribution >= 4 is 23.4 Å². The van der Waals surface area contributed by atoms with Crippen molar-refractivity contribution in [1.82, 2.24) is 0 Å². The van der Waals surface area contributed by atoms with Gasteiger partial charge in [0.25, 0.3) is 0 Å². The molecule has 2 rings (SSSR count). The van der Waals surface area contributed by atoms with Gasteiger partial charge in [0, 0.05) is 11.8 Å². The van der Waals surface area contributed by atoms with Crippen LogP contribution in [0, 0.1) is 0 Å². The number of nitrogens with zero attached hydrogens (tertiary/aromatic N) is 1. The van der Waals surface area contributed by atoms with Gasteiger partial charge in [-0.05, 0) is 11.6 Å². The van der Waals surface area contributed by atoms with Gasteiger partial charge in [-0.1, -0.05) is 30.4 Å². The molecule has 48 valence electrons. The lowest BCUT2D eigenvalue weighted by molar-refractivity contribution is 1.60. The van der Waals surface area contributed by atoms with E-state index in [2.05, 4.69) is 4.99 Å². The molecule has 0 fully saturated rings. The fourth-order valence-corrected chi connectivity index (χ4v) is 1.28. The van der Waals surface area contributed by atoms with E-state index in [0.717, 1.165) is 5.57 Å². The standard InChI is InChI=1S/C8H5NS/c10-8-7-3-1-2-6(7)4-5-9-8/h1-5H. The monoisotopic (exact) mass is 147 g/mol. The van der Waals surface area contributed by atoms with E-state index in [1.54, 1.807) is 6.21 Å². The molecule has 0 aromatic carbocycles. The number of rotatable bonds is 0. The molecule has 0 unspecified atom stereocenters. The summed E-state index contributed by atoms with van der Waals surface area (Å²) < 4.78 is 0. The van der Waals surface area contributed by atoms with Gasteiger partial charge in [-0.3, -0.25) is 0 Å². The Balaban J connectivity index is 2.54. The minimum Gasteiger partial charge on any atom is -0.245 e. The molecule has 1 nitrogen and oxygen atoms in total. The predicted molar refractivity (Wildman–Crippen MR) is 46.4 cm³/mol. The first-order chi connectivity index (χ1) is 4.88. The second kappa shape index (κ2) is 1.99. The smallest absolute Gasteiger partial charge is 0.133 e. The predicted octanol–water partition coefficient (Wildman–Crippen LogP) is 1.82. The Kier molecular flexibility index (Phi) is 1.14. The van der Waals surface area contributed by atoms with Crippen LogP contribution in [0.15, 0.2) is 40.4 Å². The summed E-state index contributed by atoms with van der Waals surface area (Å²) >= 11 is 5.00. The Labute approximate surface area is 64.5 Å². The number of hydrogen-bond donors (Lipinski definition) is 0. The summed E-state index contributed by atoms with van der Waals surface area (Å²) in [6, 6.07) is 0. The van der Waals surface area contributed by atoms with Crippen LogP contribution in [0.2, 0.25) is 0 Å². The molecule has 0 radical (unpaired) electrons. The SMILES string of the molecule is S=C1N=CC=C2C=CC=C12. The van der Waals surface area contributed by atoms with E-state index in [0.29, 0.717) is 4.99 Å². The van der Waals surface area contributed by atoms with Crippen molar-refractivity contribution in [3.8, 4) is 0 Å². The van der Waals surface area contributed by atoms with Gasteiger partial charge < -0.3 is 0 Å². The van der Waals surface area contributed by atoms with E-state index in [-0.39, 0.29) is 0 Å². The zero-order valence-corrected chi connectivity index (χ0v) is 6.06. The topological polar surface area (TPSA) is 12.4 Å². The highest BCUT2D eigenvalue weighted by Gasteiger charge is 2.12. The van der Waals surface area contributed by atoms with Gasteiger partial charge in [0.2, 0.25) is 0 Å². The van der Waals surface area contributed by atoms with Gasteiger partial charge >= 0.3 is 0 Å². The van der Waals surface area contributed by atoms with E-state index in [1.165, 1.54) is 5.57 Å². The van der Waals surface area contributed by atoms with E-state index in [4.69, 9.17) is 12.2 Å². The molecule has 2 aliphatic rings. The van der Waals surface area contributed by atoms with Crippen molar-refractivity contribution in [3.63, 3.8) is 0 Å². The van der Waals surface area contributed by atoms with Crippen molar-refractivity contribution in [2.75, 3.05) is 0 Å². The van der Waals surface area contributed by atoms with Crippen LogP contribution < -0.4 is 0 Å². The third-order valence-electron chi connectivity index (χ3n) is 1.53. The van der Waals surface area contributed by atoms with E-state index in [1.807, 2.05) is 24.3 Å². The number of dihydropyridines is 1. The third-order valence-corrected chi connectivity index (χ3v) is 1.85. The van der Waals surface area contributed by atoms with E-state index < -0.39 is 0 Å². The lowest BCUT2D eigenvalue weighted by atomic mass is 10.1. The molecule has 1 heterocycles. The largest absolute Gasteiger partial charge is 0.245 e. The molecule has 0 spiro atoms. The van der Waals surface area contributed by atoms with Crippen LogP contribution in [-0.4, -0.2) is 11.2 Å². The zero-order valence-electron chi connectivity index (χ0n) is 5.24. The second-order valence-electron chi connectivity index (χ2n) is 2.14. The Hall–Kier alpha value is -1.02. The molecular weight excluding hydrogens is 142 g/mol. The number of allylic oxidation sites excluding steroid dienone is 4. The molecule has 0 N–H and O–H groups in total. The van der Waals surface area contributed by atoms with Gasteiger partial charge in [-0.25, -0.2) is 4.99 Å². The van der Waals surface area contributed by atoms with Gasteiger partial charge in [0.05, 0.1) is 0 Å². The number of thiocarbonyl (C=S) groups is 1. The first-order valence-corrected chi connectivity index (χ1v) is 3.46. The fourth-order valence-electron chi connectivity index (χ4n) is 1.03. The average molecular weight is 147 g/mol. The summed E-state index contributed by atoms with van der Waals surface area (Å²) in [5.41, 5.74) is 2.26. The second-order valence-corrected chi connectivity index (χ2v) is 2.53. The molecule has 1 aliphatic heterocycles. The lowest BCUT2D eigenvalue weighted by Gasteiger charge is -2.04. The highest BCUT2D eigenvalue weighted by molar-refractivity contribution is 7.80. The maximum Gasteiger partial charge on any atom is 0.133 e. The Morgan fingerprint density at radius 1 is 1.30 bits per heavy atom. The van der Waals surface area contributed by atoms with Gasteiger partial charge in [-0.15, -0.1) is 0 Å². The Morgan fingerprint density at radius 2 is 2.20 bits per heavy atom. The third kappa shape index (κ3) is 0.693. The van der Waals surface area contributed by atoms with Crippen molar-refractivity contribution in [2.45, 2.75) is 0 Å². The minimum absolute atomic E-state index is 0.697. The van der Waals surface area contributed by atoms with Gasteiger partial charge in [0.15, 0.2) is 0 Å². The van der Waals surface area contributed by atoms with E-state index >= 15 is 0 Å².